The molecule has 0 aliphatic carbocycles. The summed E-state index contributed by atoms with van der Waals surface area (Å²) in [5, 5.41) is 0.431. The molecule has 1 heterocycles. The van der Waals surface area contributed by atoms with E-state index >= 15 is 0 Å². The van der Waals surface area contributed by atoms with Crippen molar-refractivity contribution < 1.29 is 9.53 Å². The van der Waals surface area contributed by atoms with E-state index in [2.05, 4.69) is 16.8 Å². The lowest BCUT2D eigenvalue weighted by molar-refractivity contribution is -0.134. The van der Waals surface area contributed by atoms with Gasteiger partial charge in [0.2, 0.25) is 0 Å². The molecule has 106 valence electrons. The number of rotatable bonds is 4. The second-order valence-electron chi connectivity index (χ2n) is 4.27. The highest BCUT2D eigenvalue weighted by atomic mass is 35.5. The second kappa shape index (κ2) is 8.08. The summed E-state index contributed by atoms with van der Waals surface area (Å²) in [7, 11) is 0. The average molecular weight is 300 g/mol. The maximum absolute atomic E-state index is 11.7. The molecule has 0 unspecified atom stereocenters. The van der Waals surface area contributed by atoms with Crippen LogP contribution in [0.3, 0.4) is 0 Å². The Morgan fingerprint density at radius 1 is 1.19 bits per heavy atom. The van der Waals surface area contributed by atoms with Crippen LogP contribution >= 0.6 is 11.6 Å². The first-order valence-corrected chi connectivity index (χ1v) is 6.98. The Balaban J connectivity index is 1.73. The molecule has 0 N–H and O–H groups in total. The highest BCUT2D eigenvalue weighted by molar-refractivity contribution is 6.32. The van der Waals surface area contributed by atoms with Gasteiger partial charge in [0.1, 0.15) is 11.4 Å². The van der Waals surface area contributed by atoms with Gasteiger partial charge in [0.25, 0.3) is 0 Å². The SMILES string of the molecule is O=C(CCCC#Cc1ccccn1)Oc1ccccc1Cl. The lowest BCUT2D eigenvalue weighted by atomic mass is 10.2. The van der Waals surface area contributed by atoms with Crippen LogP contribution in [-0.4, -0.2) is 11.0 Å². The standard InChI is InChI=1S/C17H14ClNO2/c18-15-10-4-5-11-16(15)21-17(20)12-3-1-2-8-14-9-6-7-13-19-14/h4-7,9-11,13H,1,3,12H2. The van der Waals surface area contributed by atoms with Crippen molar-refractivity contribution in [1.82, 2.24) is 4.98 Å². The summed E-state index contributed by atoms with van der Waals surface area (Å²) >= 11 is 5.91. The summed E-state index contributed by atoms with van der Waals surface area (Å²) in [6.07, 6.45) is 3.27. The quantitative estimate of drug-likeness (QED) is 0.372. The van der Waals surface area contributed by atoms with Crippen molar-refractivity contribution in [3.05, 3.63) is 59.4 Å². The van der Waals surface area contributed by atoms with Crippen LogP contribution in [0.2, 0.25) is 5.02 Å². The molecule has 21 heavy (non-hydrogen) atoms. The van der Waals surface area contributed by atoms with E-state index in [1.165, 1.54) is 0 Å². The largest absolute Gasteiger partial charge is 0.425 e. The molecule has 0 atom stereocenters. The van der Waals surface area contributed by atoms with E-state index in [-0.39, 0.29) is 5.97 Å². The zero-order valence-corrected chi connectivity index (χ0v) is 12.1. The minimum atomic E-state index is -0.303. The molecule has 0 fully saturated rings. The molecule has 0 aliphatic heterocycles. The normalized spacial score (nSPS) is 9.57. The van der Waals surface area contributed by atoms with Crippen LogP contribution in [0.5, 0.6) is 5.75 Å². The van der Waals surface area contributed by atoms with E-state index in [0.29, 0.717) is 30.0 Å². The Kier molecular flexibility index (Phi) is 5.81. The van der Waals surface area contributed by atoms with E-state index in [4.69, 9.17) is 16.3 Å². The van der Waals surface area contributed by atoms with Crippen molar-refractivity contribution >= 4 is 17.6 Å². The van der Waals surface area contributed by atoms with Crippen molar-refractivity contribution in [2.45, 2.75) is 19.3 Å². The molecular formula is C17H14ClNO2. The Bertz CT molecular complexity index is 659. The van der Waals surface area contributed by atoms with Gasteiger partial charge in [-0.1, -0.05) is 35.7 Å². The predicted molar refractivity (Wildman–Crippen MR) is 82.1 cm³/mol. The van der Waals surface area contributed by atoms with Gasteiger partial charge in [-0.15, -0.1) is 0 Å². The third-order valence-electron chi connectivity index (χ3n) is 2.62. The van der Waals surface area contributed by atoms with Gasteiger partial charge in [-0.3, -0.25) is 4.79 Å². The van der Waals surface area contributed by atoms with E-state index < -0.39 is 0 Å². The van der Waals surface area contributed by atoms with Crippen LogP contribution < -0.4 is 4.74 Å². The number of carbonyl (C=O) groups is 1. The Hall–Kier alpha value is -2.31. The first-order valence-electron chi connectivity index (χ1n) is 6.61. The lowest BCUT2D eigenvalue weighted by Crippen LogP contribution is -2.07. The number of nitrogens with zero attached hydrogens (tertiary/aromatic N) is 1. The first kappa shape index (κ1) is 15.1. The molecule has 0 saturated heterocycles. The third kappa shape index (κ3) is 5.29. The van der Waals surface area contributed by atoms with Crippen molar-refractivity contribution in [3.8, 4) is 17.6 Å². The van der Waals surface area contributed by atoms with Crippen LogP contribution in [-0.2, 0) is 4.79 Å². The maximum Gasteiger partial charge on any atom is 0.311 e. The van der Waals surface area contributed by atoms with Crippen LogP contribution in [0.25, 0.3) is 0 Å². The number of ether oxygens (including phenoxy) is 1. The molecule has 0 radical (unpaired) electrons. The molecule has 2 aromatic rings. The molecule has 4 heteroatoms. The van der Waals surface area contributed by atoms with Gasteiger partial charge in [-0.05, 0) is 36.6 Å². The van der Waals surface area contributed by atoms with Crippen molar-refractivity contribution in [2.75, 3.05) is 0 Å². The smallest absolute Gasteiger partial charge is 0.311 e. The number of carbonyl (C=O) groups excluding carboxylic acids is 1. The highest BCUT2D eigenvalue weighted by Crippen LogP contribution is 2.23. The summed E-state index contributed by atoms with van der Waals surface area (Å²) in [4.78, 5) is 15.8. The van der Waals surface area contributed by atoms with Crippen LogP contribution in [0.4, 0.5) is 0 Å². The lowest BCUT2D eigenvalue weighted by Gasteiger charge is -2.04. The topological polar surface area (TPSA) is 39.2 Å². The molecule has 1 aromatic heterocycles. The highest BCUT2D eigenvalue weighted by Gasteiger charge is 2.06. The predicted octanol–water partition coefficient (Wildman–Crippen LogP) is 3.86. The molecular weight excluding hydrogens is 286 g/mol. The number of pyridine rings is 1. The number of halogens is 1. The van der Waals surface area contributed by atoms with Gasteiger partial charge in [0, 0.05) is 19.0 Å². The molecule has 0 bridgehead atoms. The molecule has 2 rings (SSSR count). The Morgan fingerprint density at radius 2 is 2.00 bits per heavy atom. The molecule has 0 aliphatic rings. The number of para-hydroxylation sites is 1. The minimum Gasteiger partial charge on any atom is -0.425 e. The summed E-state index contributed by atoms with van der Waals surface area (Å²) in [5.41, 5.74) is 0.733. The van der Waals surface area contributed by atoms with E-state index in [1.54, 1.807) is 30.5 Å². The average Bonchev–Trinajstić information content (AvgIpc) is 2.50. The first-order chi connectivity index (χ1) is 10.3. The van der Waals surface area contributed by atoms with Crippen molar-refractivity contribution in [2.24, 2.45) is 0 Å². The van der Waals surface area contributed by atoms with Gasteiger partial charge in [-0.2, -0.15) is 0 Å². The monoisotopic (exact) mass is 299 g/mol. The van der Waals surface area contributed by atoms with Crippen LogP contribution in [0.1, 0.15) is 25.0 Å². The van der Waals surface area contributed by atoms with E-state index in [0.717, 1.165) is 5.69 Å². The fourth-order valence-corrected chi connectivity index (χ4v) is 1.79. The summed E-state index contributed by atoms with van der Waals surface area (Å²) in [5.74, 6) is 6.02. The molecule has 3 nitrogen and oxygen atoms in total. The number of benzene rings is 1. The summed E-state index contributed by atoms with van der Waals surface area (Å²) < 4.78 is 5.18. The van der Waals surface area contributed by atoms with Crippen LogP contribution in [0, 0.1) is 11.8 Å². The van der Waals surface area contributed by atoms with E-state index in [1.807, 2.05) is 18.2 Å². The number of hydrogen-bond acceptors (Lipinski definition) is 3. The van der Waals surface area contributed by atoms with Gasteiger partial charge in [0.15, 0.2) is 0 Å². The van der Waals surface area contributed by atoms with Crippen molar-refractivity contribution in [1.29, 1.82) is 0 Å². The number of aromatic nitrogens is 1. The molecule has 1 aromatic carbocycles. The number of unbranched alkanes of at least 4 members (excludes halogenated alkanes) is 1. The molecule has 0 saturated carbocycles. The van der Waals surface area contributed by atoms with E-state index in [9.17, 15) is 4.79 Å². The van der Waals surface area contributed by atoms with Gasteiger partial charge >= 0.3 is 5.97 Å². The van der Waals surface area contributed by atoms with Gasteiger partial charge < -0.3 is 4.74 Å². The molecule has 0 spiro atoms. The Morgan fingerprint density at radius 3 is 2.76 bits per heavy atom. The Labute approximate surface area is 128 Å². The van der Waals surface area contributed by atoms with Gasteiger partial charge in [-0.25, -0.2) is 4.98 Å². The zero-order valence-electron chi connectivity index (χ0n) is 11.4. The second-order valence-corrected chi connectivity index (χ2v) is 4.68. The number of hydrogen-bond donors (Lipinski definition) is 0. The van der Waals surface area contributed by atoms with Crippen molar-refractivity contribution in [3.63, 3.8) is 0 Å². The minimum absolute atomic E-state index is 0.303. The third-order valence-corrected chi connectivity index (χ3v) is 2.94. The van der Waals surface area contributed by atoms with Gasteiger partial charge in [0.05, 0.1) is 5.02 Å². The molecule has 0 amide bonds. The summed E-state index contributed by atoms with van der Waals surface area (Å²) in [6.45, 7) is 0. The fourth-order valence-electron chi connectivity index (χ4n) is 1.61. The summed E-state index contributed by atoms with van der Waals surface area (Å²) in [6, 6.07) is 12.5. The van der Waals surface area contributed by atoms with Crippen LogP contribution in [0.15, 0.2) is 48.7 Å². The maximum atomic E-state index is 11.7. The zero-order chi connectivity index (χ0) is 14.9. The fraction of sp³-hybridized carbons (Fsp3) is 0.176. The number of esters is 1.